The van der Waals surface area contributed by atoms with Crippen molar-refractivity contribution >= 4 is 62.5 Å². The molecule has 0 saturated heterocycles. The first-order chi connectivity index (χ1) is 8.56. The van der Waals surface area contributed by atoms with Crippen molar-refractivity contribution in [3.05, 3.63) is 60.2 Å². The molecule has 2 aromatic rings. The molecule has 0 aromatic heterocycles. The van der Waals surface area contributed by atoms with Gasteiger partial charge in [0.2, 0.25) is 0 Å². The summed E-state index contributed by atoms with van der Waals surface area (Å²) in [5.41, 5.74) is 2.40. The molecule has 2 aromatic carbocycles. The van der Waals surface area contributed by atoms with Crippen LogP contribution in [0.3, 0.4) is 0 Å². The molecule has 0 saturated carbocycles. The van der Waals surface area contributed by atoms with Crippen LogP contribution in [-0.4, -0.2) is 0 Å². The van der Waals surface area contributed by atoms with Gasteiger partial charge in [0.1, 0.15) is 0 Å². The van der Waals surface area contributed by atoms with E-state index in [2.05, 4.69) is 81.7 Å². The Morgan fingerprint density at radius 3 is 2.33 bits per heavy atom. The standard InChI is InChI=1S/C14H12ClI2N/c1-9(10-2-5-12(16)6-3-10)18-14-7-4-11(15)8-13(14)17/h2-9,18H,1H3. The molecular formula is C14H12ClI2N. The number of hydrogen-bond donors (Lipinski definition) is 1. The van der Waals surface area contributed by atoms with Gasteiger partial charge in [-0.25, -0.2) is 0 Å². The van der Waals surface area contributed by atoms with Gasteiger partial charge < -0.3 is 5.32 Å². The Morgan fingerprint density at radius 2 is 1.72 bits per heavy atom. The first-order valence-corrected chi connectivity index (χ1v) is 8.07. The Balaban J connectivity index is 2.15. The van der Waals surface area contributed by atoms with Gasteiger partial charge in [-0.2, -0.15) is 0 Å². The zero-order valence-corrected chi connectivity index (χ0v) is 14.8. The van der Waals surface area contributed by atoms with Crippen LogP contribution in [0.25, 0.3) is 0 Å². The van der Waals surface area contributed by atoms with Crippen LogP contribution in [0, 0.1) is 7.14 Å². The molecule has 94 valence electrons. The topological polar surface area (TPSA) is 12.0 Å². The van der Waals surface area contributed by atoms with Crippen LogP contribution in [0.15, 0.2) is 42.5 Å². The van der Waals surface area contributed by atoms with Gasteiger partial charge in [0.25, 0.3) is 0 Å². The second kappa shape index (κ2) is 6.43. The predicted molar refractivity (Wildman–Crippen MR) is 95.4 cm³/mol. The molecule has 4 heteroatoms. The van der Waals surface area contributed by atoms with E-state index in [1.165, 1.54) is 9.13 Å². The van der Waals surface area contributed by atoms with Gasteiger partial charge in [-0.15, -0.1) is 0 Å². The van der Waals surface area contributed by atoms with E-state index in [4.69, 9.17) is 11.6 Å². The summed E-state index contributed by atoms with van der Waals surface area (Å²) >= 11 is 10.6. The van der Waals surface area contributed by atoms with Crippen molar-refractivity contribution < 1.29 is 0 Å². The third-order valence-electron chi connectivity index (χ3n) is 2.67. The Kier molecular flexibility index (Phi) is 5.14. The van der Waals surface area contributed by atoms with E-state index >= 15 is 0 Å². The molecule has 1 N–H and O–H groups in total. The van der Waals surface area contributed by atoms with Crippen molar-refractivity contribution in [3.63, 3.8) is 0 Å². The average Bonchev–Trinajstić information content (AvgIpc) is 2.33. The highest BCUT2D eigenvalue weighted by molar-refractivity contribution is 14.1. The molecule has 0 amide bonds. The number of nitrogens with one attached hydrogen (secondary N) is 1. The Morgan fingerprint density at radius 1 is 1.06 bits per heavy atom. The quantitative estimate of drug-likeness (QED) is 0.551. The third-order valence-corrected chi connectivity index (χ3v) is 4.52. The van der Waals surface area contributed by atoms with E-state index in [0.29, 0.717) is 0 Å². The second-order valence-corrected chi connectivity index (χ2v) is 6.89. The monoisotopic (exact) mass is 483 g/mol. The summed E-state index contributed by atoms with van der Waals surface area (Å²) in [6.07, 6.45) is 0. The van der Waals surface area contributed by atoms with Crippen LogP contribution < -0.4 is 5.32 Å². The zero-order chi connectivity index (χ0) is 13.1. The molecule has 0 spiro atoms. The molecule has 0 aliphatic carbocycles. The smallest absolute Gasteiger partial charge is 0.0486 e. The Labute approximate surface area is 140 Å². The van der Waals surface area contributed by atoms with Crippen molar-refractivity contribution in [2.75, 3.05) is 5.32 Å². The molecule has 0 bridgehead atoms. The minimum atomic E-state index is 0.275. The fourth-order valence-corrected chi connectivity index (χ4v) is 3.06. The van der Waals surface area contributed by atoms with Crippen molar-refractivity contribution in [1.82, 2.24) is 0 Å². The van der Waals surface area contributed by atoms with Crippen molar-refractivity contribution in [2.24, 2.45) is 0 Å². The fraction of sp³-hybridized carbons (Fsp3) is 0.143. The van der Waals surface area contributed by atoms with Crippen LogP contribution in [0.4, 0.5) is 5.69 Å². The summed E-state index contributed by atoms with van der Waals surface area (Å²) in [5, 5.41) is 4.27. The molecule has 0 aliphatic heterocycles. The van der Waals surface area contributed by atoms with Crippen LogP contribution in [0.1, 0.15) is 18.5 Å². The minimum absolute atomic E-state index is 0.275. The number of benzene rings is 2. The van der Waals surface area contributed by atoms with E-state index in [1.54, 1.807) is 0 Å². The van der Waals surface area contributed by atoms with Crippen LogP contribution in [0.2, 0.25) is 5.02 Å². The van der Waals surface area contributed by atoms with Gasteiger partial charge in [0, 0.05) is 23.9 Å². The molecule has 18 heavy (non-hydrogen) atoms. The molecule has 1 nitrogen and oxygen atoms in total. The van der Waals surface area contributed by atoms with Crippen molar-refractivity contribution in [1.29, 1.82) is 0 Å². The number of hydrogen-bond acceptors (Lipinski definition) is 1. The lowest BCUT2D eigenvalue weighted by Gasteiger charge is -2.17. The average molecular weight is 484 g/mol. The van der Waals surface area contributed by atoms with Gasteiger partial charge in [0.05, 0.1) is 0 Å². The lowest BCUT2D eigenvalue weighted by atomic mass is 10.1. The number of anilines is 1. The first kappa shape index (κ1) is 14.4. The first-order valence-electron chi connectivity index (χ1n) is 5.53. The van der Waals surface area contributed by atoms with Crippen LogP contribution in [-0.2, 0) is 0 Å². The lowest BCUT2D eigenvalue weighted by molar-refractivity contribution is 0.883. The molecule has 0 fully saturated rings. The van der Waals surface area contributed by atoms with Gasteiger partial charge in [0.15, 0.2) is 0 Å². The van der Waals surface area contributed by atoms with Gasteiger partial charge in [-0.05, 0) is 88.0 Å². The second-order valence-electron chi connectivity index (χ2n) is 4.04. The van der Waals surface area contributed by atoms with E-state index in [9.17, 15) is 0 Å². The molecule has 0 aliphatic rings. The van der Waals surface area contributed by atoms with Crippen molar-refractivity contribution in [3.8, 4) is 0 Å². The van der Waals surface area contributed by atoms with E-state index in [1.807, 2.05) is 18.2 Å². The summed E-state index contributed by atoms with van der Waals surface area (Å²) in [7, 11) is 0. The minimum Gasteiger partial charge on any atom is -0.378 e. The molecule has 0 radical (unpaired) electrons. The third kappa shape index (κ3) is 3.74. The summed E-state index contributed by atoms with van der Waals surface area (Å²) in [6, 6.07) is 14.7. The maximum absolute atomic E-state index is 5.95. The van der Waals surface area contributed by atoms with Crippen LogP contribution in [0.5, 0.6) is 0 Å². The van der Waals surface area contributed by atoms with E-state index in [-0.39, 0.29) is 6.04 Å². The van der Waals surface area contributed by atoms with E-state index in [0.717, 1.165) is 14.3 Å². The molecule has 2 rings (SSSR count). The molecule has 1 atom stereocenters. The lowest BCUT2D eigenvalue weighted by Crippen LogP contribution is -2.07. The van der Waals surface area contributed by atoms with Gasteiger partial charge in [-0.1, -0.05) is 23.7 Å². The summed E-state index contributed by atoms with van der Waals surface area (Å²) in [6.45, 7) is 2.16. The molecular weight excluding hydrogens is 471 g/mol. The molecule has 1 unspecified atom stereocenters. The summed E-state index contributed by atoms with van der Waals surface area (Å²) < 4.78 is 2.39. The van der Waals surface area contributed by atoms with Gasteiger partial charge in [-0.3, -0.25) is 0 Å². The normalized spacial score (nSPS) is 12.2. The zero-order valence-electron chi connectivity index (χ0n) is 9.75. The highest BCUT2D eigenvalue weighted by Gasteiger charge is 2.07. The highest BCUT2D eigenvalue weighted by atomic mass is 127. The largest absolute Gasteiger partial charge is 0.378 e. The Bertz CT molecular complexity index is 540. The molecule has 0 heterocycles. The summed E-state index contributed by atoms with van der Waals surface area (Å²) in [5.74, 6) is 0. The van der Waals surface area contributed by atoms with Crippen molar-refractivity contribution in [2.45, 2.75) is 13.0 Å². The maximum atomic E-state index is 5.95. The number of rotatable bonds is 3. The Hall–Kier alpha value is -0.0100. The fourth-order valence-electron chi connectivity index (χ4n) is 1.67. The predicted octanol–water partition coefficient (Wildman–Crippen LogP) is 5.72. The van der Waals surface area contributed by atoms with Gasteiger partial charge >= 0.3 is 0 Å². The van der Waals surface area contributed by atoms with E-state index < -0.39 is 0 Å². The summed E-state index contributed by atoms with van der Waals surface area (Å²) in [4.78, 5) is 0. The van der Waals surface area contributed by atoms with Crippen LogP contribution >= 0.6 is 56.8 Å². The maximum Gasteiger partial charge on any atom is 0.0486 e. The number of halogens is 3. The SMILES string of the molecule is CC(Nc1ccc(Cl)cc1I)c1ccc(I)cc1. The highest BCUT2D eigenvalue weighted by Crippen LogP contribution is 2.26.